The van der Waals surface area contributed by atoms with Crippen molar-refractivity contribution in [3.8, 4) is 0 Å². The van der Waals surface area contributed by atoms with Gasteiger partial charge in [-0.3, -0.25) is 4.99 Å². The maximum atomic E-state index is 5.72. The zero-order valence-corrected chi connectivity index (χ0v) is 10.8. The molecule has 1 aromatic rings. The summed E-state index contributed by atoms with van der Waals surface area (Å²) in [4.78, 5) is 8.24. The number of nitrogens with one attached hydrogen (secondary N) is 1. The molecule has 0 atom stereocenters. The standard InChI is InChI=1S/C12H23N5/c1-11(2)9-16-12(13)15-5-3-4-7-17-8-6-14-10-17/h6,8,10-11H,3-5,7,9H2,1-2H3,(H3,13,15,16). The van der Waals surface area contributed by atoms with Crippen LogP contribution in [0.15, 0.2) is 23.7 Å². The predicted octanol–water partition coefficient (Wildman–Crippen LogP) is 1.22. The van der Waals surface area contributed by atoms with Crippen molar-refractivity contribution in [2.24, 2.45) is 16.6 Å². The van der Waals surface area contributed by atoms with Crippen LogP contribution < -0.4 is 11.1 Å². The highest BCUT2D eigenvalue weighted by Crippen LogP contribution is 1.94. The quantitative estimate of drug-likeness (QED) is 0.426. The molecule has 0 spiro atoms. The second-order valence-corrected chi connectivity index (χ2v) is 4.55. The summed E-state index contributed by atoms with van der Waals surface area (Å²) in [5.74, 6) is 1.11. The number of hydrogen-bond acceptors (Lipinski definition) is 2. The first-order valence-electron chi connectivity index (χ1n) is 6.18. The number of unbranched alkanes of at least 4 members (excludes halogenated alkanes) is 1. The summed E-state index contributed by atoms with van der Waals surface area (Å²) in [5, 5.41) is 3.12. The van der Waals surface area contributed by atoms with Crippen LogP contribution in [0.5, 0.6) is 0 Å². The fraction of sp³-hybridized carbons (Fsp3) is 0.667. The van der Waals surface area contributed by atoms with E-state index in [-0.39, 0.29) is 0 Å². The highest BCUT2D eigenvalue weighted by molar-refractivity contribution is 5.77. The molecule has 5 nitrogen and oxygen atoms in total. The molecule has 1 rings (SSSR count). The molecule has 0 saturated carbocycles. The topological polar surface area (TPSA) is 68.2 Å². The minimum absolute atomic E-state index is 0.552. The van der Waals surface area contributed by atoms with Gasteiger partial charge >= 0.3 is 0 Å². The molecule has 1 heterocycles. The summed E-state index contributed by atoms with van der Waals surface area (Å²) < 4.78 is 2.08. The average molecular weight is 237 g/mol. The van der Waals surface area contributed by atoms with E-state index in [1.807, 2.05) is 12.5 Å². The first-order valence-corrected chi connectivity index (χ1v) is 6.18. The summed E-state index contributed by atoms with van der Waals surface area (Å²) >= 11 is 0. The van der Waals surface area contributed by atoms with Crippen molar-refractivity contribution in [2.45, 2.75) is 33.2 Å². The van der Waals surface area contributed by atoms with E-state index in [2.05, 4.69) is 33.7 Å². The normalized spacial score (nSPS) is 12.1. The molecule has 0 radical (unpaired) electrons. The lowest BCUT2D eigenvalue weighted by Crippen LogP contribution is -2.32. The summed E-state index contributed by atoms with van der Waals surface area (Å²) in [5.41, 5.74) is 5.72. The maximum Gasteiger partial charge on any atom is 0.188 e. The van der Waals surface area contributed by atoms with Crippen molar-refractivity contribution in [2.75, 3.05) is 13.1 Å². The molecule has 96 valence electrons. The first-order chi connectivity index (χ1) is 8.18. The minimum atomic E-state index is 0.552. The molecular weight excluding hydrogens is 214 g/mol. The molecule has 0 aromatic carbocycles. The van der Waals surface area contributed by atoms with Gasteiger partial charge in [0.05, 0.1) is 6.33 Å². The summed E-state index contributed by atoms with van der Waals surface area (Å²) in [6.45, 7) is 6.92. The SMILES string of the molecule is CC(C)CN=C(N)NCCCCn1ccnc1. The van der Waals surface area contributed by atoms with E-state index < -0.39 is 0 Å². The van der Waals surface area contributed by atoms with Gasteiger partial charge < -0.3 is 15.6 Å². The van der Waals surface area contributed by atoms with E-state index in [1.54, 1.807) is 6.20 Å². The van der Waals surface area contributed by atoms with E-state index >= 15 is 0 Å². The van der Waals surface area contributed by atoms with Crippen molar-refractivity contribution in [1.82, 2.24) is 14.9 Å². The third-order valence-electron chi connectivity index (χ3n) is 2.34. The van der Waals surface area contributed by atoms with E-state index in [9.17, 15) is 0 Å². The third kappa shape index (κ3) is 6.60. The molecule has 0 aliphatic rings. The lowest BCUT2D eigenvalue weighted by Gasteiger charge is -2.06. The number of rotatable bonds is 7. The first kappa shape index (κ1) is 13.5. The van der Waals surface area contributed by atoms with Crippen molar-refractivity contribution in [1.29, 1.82) is 0 Å². The molecular formula is C12H23N5. The van der Waals surface area contributed by atoms with Gasteiger partial charge in [-0.05, 0) is 18.8 Å². The Morgan fingerprint density at radius 3 is 2.94 bits per heavy atom. The number of nitrogens with zero attached hydrogens (tertiary/aromatic N) is 3. The molecule has 0 aliphatic heterocycles. The van der Waals surface area contributed by atoms with Crippen LogP contribution in [0, 0.1) is 5.92 Å². The molecule has 0 fully saturated rings. The van der Waals surface area contributed by atoms with Gasteiger partial charge in [-0.25, -0.2) is 4.98 Å². The molecule has 0 unspecified atom stereocenters. The Labute approximate surface area is 103 Å². The van der Waals surface area contributed by atoms with E-state index in [0.717, 1.165) is 32.5 Å². The average Bonchev–Trinajstić information content (AvgIpc) is 2.79. The van der Waals surface area contributed by atoms with Crippen molar-refractivity contribution < 1.29 is 0 Å². The summed E-state index contributed by atoms with van der Waals surface area (Å²) in [7, 11) is 0. The minimum Gasteiger partial charge on any atom is -0.370 e. The molecule has 0 amide bonds. The summed E-state index contributed by atoms with van der Waals surface area (Å²) in [6, 6.07) is 0. The maximum absolute atomic E-state index is 5.72. The molecule has 3 N–H and O–H groups in total. The van der Waals surface area contributed by atoms with E-state index in [0.29, 0.717) is 11.9 Å². The van der Waals surface area contributed by atoms with Crippen molar-refractivity contribution in [3.05, 3.63) is 18.7 Å². The van der Waals surface area contributed by atoms with Gasteiger partial charge in [-0.1, -0.05) is 13.8 Å². The fourth-order valence-corrected chi connectivity index (χ4v) is 1.39. The molecule has 17 heavy (non-hydrogen) atoms. The number of nitrogens with two attached hydrogens (primary N) is 1. The summed E-state index contributed by atoms with van der Waals surface area (Å²) in [6.07, 6.45) is 7.81. The van der Waals surface area contributed by atoms with Crippen molar-refractivity contribution >= 4 is 5.96 Å². The Bertz CT molecular complexity index is 316. The molecule has 5 heteroatoms. The monoisotopic (exact) mass is 237 g/mol. The highest BCUT2D eigenvalue weighted by Gasteiger charge is 1.94. The predicted molar refractivity (Wildman–Crippen MR) is 70.8 cm³/mol. The van der Waals surface area contributed by atoms with Crippen LogP contribution in [0.2, 0.25) is 0 Å². The number of aryl methyl sites for hydroxylation is 1. The fourth-order valence-electron chi connectivity index (χ4n) is 1.39. The van der Waals surface area contributed by atoms with Gasteiger partial charge in [0.15, 0.2) is 5.96 Å². The third-order valence-corrected chi connectivity index (χ3v) is 2.34. The van der Waals surface area contributed by atoms with E-state index in [1.165, 1.54) is 0 Å². The number of imidazole rings is 1. The number of guanidine groups is 1. The largest absolute Gasteiger partial charge is 0.370 e. The number of hydrogen-bond donors (Lipinski definition) is 2. The Hall–Kier alpha value is -1.52. The lowest BCUT2D eigenvalue weighted by atomic mass is 10.2. The van der Waals surface area contributed by atoms with Gasteiger partial charge in [-0.15, -0.1) is 0 Å². The Kier molecular flexibility index (Phi) is 6.14. The van der Waals surface area contributed by atoms with Crippen LogP contribution in [0.3, 0.4) is 0 Å². The van der Waals surface area contributed by atoms with Crippen LogP contribution >= 0.6 is 0 Å². The van der Waals surface area contributed by atoms with Gasteiger partial charge in [0, 0.05) is 32.0 Å². The lowest BCUT2D eigenvalue weighted by molar-refractivity contribution is 0.600. The zero-order chi connectivity index (χ0) is 12.5. The van der Waals surface area contributed by atoms with Crippen LogP contribution in [0.4, 0.5) is 0 Å². The van der Waals surface area contributed by atoms with Gasteiger partial charge in [-0.2, -0.15) is 0 Å². The van der Waals surface area contributed by atoms with Crippen LogP contribution in [-0.2, 0) is 6.54 Å². The Balaban J connectivity index is 2.02. The van der Waals surface area contributed by atoms with Gasteiger partial charge in [0.25, 0.3) is 0 Å². The Morgan fingerprint density at radius 2 is 2.29 bits per heavy atom. The van der Waals surface area contributed by atoms with Crippen LogP contribution in [0.25, 0.3) is 0 Å². The zero-order valence-electron chi connectivity index (χ0n) is 10.8. The van der Waals surface area contributed by atoms with Gasteiger partial charge in [0.1, 0.15) is 0 Å². The molecule has 0 saturated heterocycles. The second kappa shape index (κ2) is 7.70. The van der Waals surface area contributed by atoms with E-state index in [4.69, 9.17) is 5.73 Å². The number of aliphatic imine (C=N–C) groups is 1. The Morgan fingerprint density at radius 1 is 1.47 bits per heavy atom. The van der Waals surface area contributed by atoms with Gasteiger partial charge in [0.2, 0.25) is 0 Å². The molecule has 0 bridgehead atoms. The number of aromatic nitrogens is 2. The molecule has 0 aliphatic carbocycles. The highest BCUT2D eigenvalue weighted by atomic mass is 15.1. The van der Waals surface area contributed by atoms with Crippen molar-refractivity contribution in [3.63, 3.8) is 0 Å². The second-order valence-electron chi connectivity index (χ2n) is 4.55. The van der Waals surface area contributed by atoms with Crippen LogP contribution in [-0.4, -0.2) is 28.6 Å². The molecule has 1 aromatic heterocycles. The smallest absolute Gasteiger partial charge is 0.188 e. The van der Waals surface area contributed by atoms with Crippen LogP contribution in [0.1, 0.15) is 26.7 Å².